The molecule has 1 aromatic carbocycles. The van der Waals surface area contributed by atoms with Crippen molar-refractivity contribution in [3.8, 4) is 0 Å². The lowest BCUT2D eigenvalue weighted by atomic mass is 10.1. The summed E-state index contributed by atoms with van der Waals surface area (Å²) in [5.74, 6) is -2.64. The number of primary amides is 1. The Morgan fingerprint density at radius 2 is 1.89 bits per heavy atom. The van der Waals surface area contributed by atoms with Gasteiger partial charge in [-0.2, -0.15) is 0 Å². The van der Waals surface area contributed by atoms with Gasteiger partial charge in [0.05, 0.1) is 18.7 Å². The molecule has 0 bridgehead atoms. The van der Waals surface area contributed by atoms with E-state index in [1.807, 2.05) is 0 Å². The summed E-state index contributed by atoms with van der Waals surface area (Å²) in [7, 11) is 0. The molecule has 2 N–H and O–H groups in total. The number of benzene rings is 1. The van der Waals surface area contributed by atoms with Crippen LogP contribution in [-0.2, 0) is 4.79 Å². The Morgan fingerprint density at radius 3 is 2.42 bits per heavy atom. The number of hydrogen-bond acceptors (Lipinski definition) is 3. The zero-order chi connectivity index (χ0) is 14.6. The van der Waals surface area contributed by atoms with E-state index in [1.54, 1.807) is 13.8 Å². The van der Waals surface area contributed by atoms with E-state index in [1.165, 1.54) is 4.90 Å². The predicted octanol–water partition coefficient (Wildman–Crippen LogP) is 1.34. The number of nitrogens with two attached hydrogens (primary N) is 1. The Hall–Kier alpha value is -1.82. The fourth-order valence-electron chi connectivity index (χ4n) is 1.60. The topological polar surface area (TPSA) is 63.4 Å². The average molecular weight is 270 g/mol. The maximum Gasteiger partial charge on any atom is 0.231 e. The molecule has 1 aromatic rings. The van der Waals surface area contributed by atoms with Crippen LogP contribution < -0.4 is 5.73 Å². The molecule has 104 valence electrons. The van der Waals surface area contributed by atoms with Gasteiger partial charge >= 0.3 is 0 Å². The molecule has 0 aliphatic carbocycles. The lowest BCUT2D eigenvalue weighted by molar-refractivity contribution is -0.119. The van der Waals surface area contributed by atoms with Gasteiger partial charge in [0.1, 0.15) is 11.6 Å². The molecule has 0 saturated carbocycles. The summed E-state index contributed by atoms with van der Waals surface area (Å²) in [5.41, 5.74) is 4.75. The molecule has 0 spiro atoms. The van der Waals surface area contributed by atoms with E-state index < -0.39 is 23.3 Å². The highest BCUT2D eigenvalue weighted by Gasteiger charge is 2.19. The maximum absolute atomic E-state index is 13.4. The van der Waals surface area contributed by atoms with Crippen molar-refractivity contribution in [2.75, 3.05) is 13.1 Å². The number of ketones is 1. The second kappa shape index (κ2) is 6.38. The monoisotopic (exact) mass is 270 g/mol. The number of hydrogen-bond donors (Lipinski definition) is 1. The largest absolute Gasteiger partial charge is 0.369 e. The molecule has 1 amide bonds. The second-order valence-electron chi connectivity index (χ2n) is 4.51. The first-order valence-corrected chi connectivity index (χ1v) is 5.82. The van der Waals surface area contributed by atoms with E-state index in [2.05, 4.69) is 0 Å². The van der Waals surface area contributed by atoms with Crippen LogP contribution >= 0.6 is 0 Å². The van der Waals surface area contributed by atoms with Crippen LogP contribution in [0.5, 0.6) is 0 Å². The van der Waals surface area contributed by atoms with Crippen molar-refractivity contribution in [2.24, 2.45) is 5.73 Å². The number of rotatable bonds is 6. The number of halogens is 2. The van der Waals surface area contributed by atoms with Crippen LogP contribution in [0.2, 0.25) is 0 Å². The molecule has 0 fully saturated rings. The Labute approximate surface area is 110 Å². The van der Waals surface area contributed by atoms with Crippen molar-refractivity contribution < 1.29 is 18.4 Å². The van der Waals surface area contributed by atoms with Gasteiger partial charge in [0.25, 0.3) is 0 Å². The summed E-state index contributed by atoms with van der Waals surface area (Å²) in [6.45, 7) is 3.25. The van der Waals surface area contributed by atoms with Gasteiger partial charge < -0.3 is 5.73 Å². The standard InChI is InChI=1S/C13H16F2N2O2/c1-8(2)17(7-13(16)19)6-12(18)10-5-9(14)3-4-11(10)15/h3-5,8H,6-7H2,1-2H3,(H2,16,19). The normalized spacial score (nSPS) is 11.1. The van der Waals surface area contributed by atoms with Crippen molar-refractivity contribution >= 4 is 11.7 Å². The predicted molar refractivity (Wildman–Crippen MR) is 66.6 cm³/mol. The van der Waals surface area contributed by atoms with Gasteiger partial charge in [-0.1, -0.05) is 0 Å². The highest BCUT2D eigenvalue weighted by Crippen LogP contribution is 2.12. The Balaban J connectivity index is 2.87. The smallest absolute Gasteiger partial charge is 0.231 e. The highest BCUT2D eigenvalue weighted by atomic mass is 19.1. The van der Waals surface area contributed by atoms with Gasteiger partial charge in [-0.05, 0) is 32.0 Å². The zero-order valence-corrected chi connectivity index (χ0v) is 10.8. The molecule has 0 unspecified atom stereocenters. The number of amides is 1. The number of carbonyl (C=O) groups is 2. The van der Waals surface area contributed by atoms with Crippen molar-refractivity contribution in [3.05, 3.63) is 35.4 Å². The number of Topliss-reactive ketones (excluding diaryl/α,β-unsaturated/α-hetero) is 1. The van der Waals surface area contributed by atoms with Crippen LogP contribution in [0.25, 0.3) is 0 Å². The summed E-state index contributed by atoms with van der Waals surface area (Å²) in [4.78, 5) is 24.3. The van der Waals surface area contributed by atoms with Crippen LogP contribution in [0.3, 0.4) is 0 Å². The quantitative estimate of drug-likeness (QED) is 0.793. The summed E-state index contributed by atoms with van der Waals surface area (Å²) in [6, 6.07) is 2.57. The minimum absolute atomic E-state index is 0.111. The van der Waals surface area contributed by atoms with Gasteiger partial charge in [0.2, 0.25) is 5.91 Å². The van der Waals surface area contributed by atoms with Gasteiger partial charge in [0.15, 0.2) is 5.78 Å². The molecule has 0 aromatic heterocycles. The minimum atomic E-state index is -0.783. The zero-order valence-electron chi connectivity index (χ0n) is 10.8. The Morgan fingerprint density at radius 1 is 1.26 bits per heavy atom. The summed E-state index contributed by atoms with van der Waals surface area (Å²) >= 11 is 0. The molecule has 4 nitrogen and oxygen atoms in total. The van der Waals surface area contributed by atoms with E-state index >= 15 is 0 Å². The van der Waals surface area contributed by atoms with Crippen LogP contribution in [0, 0.1) is 11.6 Å². The molecule has 0 radical (unpaired) electrons. The van der Waals surface area contributed by atoms with E-state index in [-0.39, 0.29) is 24.7 Å². The minimum Gasteiger partial charge on any atom is -0.369 e. The van der Waals surface area contributed by atoms with Gasteiger partial charge in [-0.25, -0.2) is 8.78 Å². The molecule has 0 aliphatic heterocycles. The van der Waals surface area contributed by atoms with Crippen LogP contribution in [0.4, 0.5) is 8.78 Å². The molecular weight excluding hydrogens is 254 g/mol. The fraction of sp³-hybridized carbons (Fsp3) is 0.385. The number of carbonyl (C=O) groups excluding carboxylic acids is 2. The highest BCUT2D eigenvalue weighted by molar-refractivity contribution is 5.98. The van der Waals surface area contributed by atoms with E-state index in [4.69, 9.17) is 5.73 Å². The number of nitrogens with zero attached hydrogens (tertiary/aromatic N) is 1. The van der Waals surface area contributed by atoms with Gasteiger partial charge in [-0.3, -0.25) is 14.5 Å². The van der Waals surface area contributed by atoms with Crippen LogP contribution in [0.15, 0.2) is 18.2 Å². The SMILES string of the molecule is CC(C)N(CC(N)=O)CC(=O)c1cc(F)ccc1F. The van der Waals surface area contributed by atoms with Crippen LogP contribution in [0.1, 0.15) is 24.2 Å². The first kappa shape index (κ1) is 15.2. The van der Waals surface area contributed by atoms with Gasteiger partial charge in [0, 0.05) is 6.04 Å². The van der Waals surface area contributed by atoms with Crippen molar-refractivity contribution in [3.63, 3.8) is 0 Å². The molecule has 0 atom stereocenters. The van der Waals surface area contributed by atoms with E-state index in [9.17, 15) is 18.4 Å². The first-order chi connectivity index (χ1) is 8.81. The molecule has 19 heavy (non-hydrogen) atoms. The van der Waals surface area contributed by atoms with Crippen LogP contribution in [-0.4, -0.2) is 35.7 Å². The lowest BCUT2D eigenvalue weighted by Gasteiger charge is -2.24. The third-order valence-corrected chi connectivity index (χ3v) is 2.66. The molecule has 0 aliphatic rings. The second-order valence-corrected chi connectivity index (χ2v) is 4.51. The Bertz CT molecular complexity index is 490. The van der Waals surface area contributed by atoms with Crippen molar-refractivity contribution in [1.29, 1.82) is 0 Å². The van der Waals surface area contributed by atoms with Crippen molar-refractivity contribution in [1.82, 2.24) is 4.90 Å². The summed E-state index contributed by atoms with van der Waals surface area (Å²) in [6.07, 6.45) is 0. The lowest BCUT2D eigenvalue weighted by Crippen LogP contribution is -2.41. The molecule has 6 heteroatoms. The molecular formula is C13H16F2N2O2. The molecule has 0 saturated heterocycles. The summed E-state index contributed by atoms with van der Waals surface area (Å²) < 4.78 is 26.4. The van der Waals surface area contributed by atoms with Gasteiger partial charge in [-0.15, -0.1) is 0 Å². The maximum atomic E-state index is 13.4. The van der Waals surface area contributed by atoms with E-state index in [0.29, 0.717) is 0 Å². The molecule has 0 heterocycles. The third-order valence-electron chi connectivity index (χ3n) is 2.66. The van der Waals surface area contributed by atoms with Crippen molar-refractivity contribution in [2.45, 2.75) is 19.9 Å². The fourth-order valence-corrected chi connectivity index (χ4v) is 1.60. The third kappa shape index (κ3) is 4.40. The molecule has 1 rings (SSSR count). The summed E-state index contributed by atoms with van der Waals surface area (Å²) in [5, 5.41) is 0. The first-order valence-electron chi connectivity index (χ1n) is 5.82. The average Bonchev–Trinajstić information content (AvgIpc) is 2.30. The Kier molecular flexibility index (Phi) is 5.11. The van der Waals surface area contributed by atoms with E-state index in [0.717, 1.165) is 18.2 Å².